The van der Waals surface area contributed by atoms with E-state index in [4.69, 9.17) is 4.74 Å². The van der Waals surface area contributed by atoms with Gasteiger partial charge in [0.2, 0.25) is 0 Å². The van der Waals surface area contributed by atoms with Crippen molar-refractivity contribution in [3.8, 4) is 17.0 Å². The number of nitrogens with one attached hydrogen (secondary N) is 1. The van der Waals surface area contributed by atoms with Gasteiger partial charge in [0.05, 0.1) is 18.0 Å². The third kappa shape index (κ3) is 4.05. The SMILES string of the molecule is Cc1cc(-c2csc(NC(=O)c3cnccn3)n2)cc(C)c1OC(C)C. The van der Waals surface area contributed by atoms with Gasteiger partial charge in [-0.05, 0) is 51.0 Å². The summed E-state index contributed by atoms with van der Waals surface area (Å²) in [6.45, 7) is 8.08. The Kier molecular flexibility index (Phi) is 5.27. The Morgan fingerprint density at radius 3 is 2.54 bits per heavy atom. The maximum absolute atomic E-state index is 12.2. The van der Waals surface area contributed by atoms with Crippen molar-refractivity contribution >= 4 is 22.4 Å². The van der Waals surface area contributed by atoms with Crippen molar-refractivity contribution in [1.82, 2.24) is 15.0 Å². The fourth-order valence-electron chi connectivity index (χ4n) is 2.56. The van der Waals surface area contributed by atoms with E-state index in [1.807, 2.05) is 45.2 Å². The van der Waals surface area contributed by atoms with Crippen LogP contribution in [-0.4, -0.2) is 27.0 Å². The zero-order valence-electron chi connectivity index (χ0n) is 15.1. The first-order chi connectivity index (χ1) is 12.4. The maximum Gasteiger partial charge on any atom is 0.277 e. The molecule has 0 radical (unpaired) electrons. The van der Waals surface area contributed by atoms with Gasteiger partial charge in [0, 0.05) is 23.3 Å². The number of hydrogen-bond acceptors (Lipinski definition) is 6. The summed E-state index contributed by atoms with van der Waals surface area (Å²) in [7, 11) is 0. The van der Waals surface area contributed by atoms with Crippen LogP contribution in [0.25, 0.3) is 11.3 Å². The Morgan fingerprint density at radius 2 is 1.92 bits per heavy atom. The number of carbonyl (C=O) groups excluding carboxylic acids is 1. The molecule has 0 aliphatic carbocycles. The van der Waals surface area contributed by atoms with Crippen molar-refractivity contribution in [2.75, 3.05) is 5.32 Å². The summed E-state index contributed by atoms with van der Waals surface area (Å²) in [6, 6.07) is 4.10. The minimum atomic E-state index is -0.327. The number of ether oxygens (including phenoxy) is 1. The lowest BCUT2D eigenvalue weighted by Crippen LogP contribution is -2.13. The Bertz CT molecular complexity index is 899. The van der Waals surface area contributed by atoms with Crippen molar-refractivity contribution in [3.05, 3.63) is 52.9 Å². The van der Waals surface area contributed by atoms with Crippen molar-refractivity contribution in [3.63, 3.8) is 0 Å². The van der Waals surface area contributed by atoms with Gasteiger partial charge in [-0.2, -0.15) is 0 Å². The van der Waals surface area contributed by atoms with E-state index in [2.05, 4.69) is 20.3 Å². The Labute approximate surface area is 156 Å². The lowest BCUT2D eigenvalue weighted by atomic mass is 10.0. The number of amides is 1. The largest absolute Gasteiger partial charge is 0.490 e. The van der Waals surface area contributed by atoms with Crippen LogP contribution in [0, 0.1) is 13.8 Å². The van der Waals surface area contributed by atoms with Gasteiger partial charge >= 0.3 is 0 Å². The molecule has 0 bridgehead atoms. The average molecular weight is 368 g/mol. The number of thiazole rings is 1. The van der Waals surface area contributed by atoms with E-state index in [0.717, 1.165) is 28.1 Å². The minimum absolute atomic E-state index is 0.125. The van der Waals surface area contributed by atoms with E-state index in [-0.39, 0.29) is 17.7 Å². The molecule has 0 atom stereocenters. The third-order valence-corrected chi connectivity index (χ3v) is 4.39. The Morgan fingerprint density at radius 1 is 1.19 bits per heavy atom. The van der Waals surface area contributed by atoms with Crippen molar-refractivity contribution in [2.24, 2.45) is 0 Å². The summed E-state index contributed by atoms with van der Waals surface area (Å²) in [5.41, 5.74) is 4.18. The molecular formula is C19H20N4O2S. The van der Waals surface area contributed by atoms with Crippen LogP contribution in [0.3, 0.4) is 0 Å². The second kappa shape index (κ2) is 7.61. The molecule has 1 aromatic carbocycles. The van der Waals surface area contributed by atoms with E-state index in [1.54, 1.807) is 0 Å². The molecule has 0 aliphatic heterocycles. The van der Waals surface area contributed by atoms with Crippen LogP contribution < -0.4 is 10.1 Å². The fraction of sp³-hybridized carbons (Fsp3) is 0.263. The average Bonchev–Trinajstić information content (AvgIpc) is 3.07. The number of hydrogen-bond donors (Lipinski definition) is 1. The molecule has 3 rings (SSSR count). The number of benzene rings is 1. The van der Waals surface area contributed by atoms with Gasteiger partial charge in [0.25, 0.3) is 5.91 Å². The fourth-order valence-corrected chi connectivity index (χ4v) is 3.28. The van der Waals surface area contributed by atoms with Crippen LogP contribution in [0.2, 0.25) is 0 Å². The zero-order valence-corrected chi connectivity index (χ0v) is 15.9. The summed E-state index contributed by atoms with van der Waals surface area (Å²) >= 11 is 1.37. The van der Waals surface area contributed by atoms with E-state index in [0.29, 0.717) is 5.13 Å². The summed E-state index contributed by atoms with van der Waals surface area (Å²) in [4.78, 5) is 24.5. The Hall–Kier alpha value is -2.80. The van der Waals surface area contributed by atoms with E-state index in [9.17, 15) is 4.79 Å². The highest BCUT2D eigenvalue weighted by Crippen LogP contribution is 2.32. The van der Waals surface area contributed by atoms with E-state index in [1.165, 1.54) is 29.9 Å². The van der Waals surface area contributed by atoms with Gasteiger partial charge in [-0.15, -0.1) is 11.3 Å². The first kappa shape index (κ1) is 18.0. The predicted molar refractivity (Wildman–Crippen MR) is 103 cm³/mol. The highest BCUT2D eigenvalue weighted by Gasteiger charge is 2.13. The number of aryl methyl sites for hydroxylation is 2. The van der Waals surface area contributed by atoms with Crippen LogP contribution >= 0.6 is 11.3 Å². The number of nitrogens with zero attached hydrogens (tertiary/aromatic N) is 3. The van der Waals surface area contributed by atoms with Crippen molar-refractivity contribution in [2.45, 2.75) is 33.8 Å². The van der Waals surface area contributed by atoms with Crippen molar-refractivity contribution < 1.29 is 9.53 Å². The smallest absolute Gasteiger partial charge is 0.277 e. The lowest BCUT2D eigenvalue weighted by Gasteiger charge is -2.16. The van der Waals surface area contributed by atoms with Gasteiger partial charge in [0.15, 0.2) is 5.13 Å². The molecule has 0 saturated carbocycles. The number of carbonyl (C=O) groups is 1. The molecular weight excluding hydrogens is 348 g/mol. The molecule has 2 aromatic heterocycles. The van der Waals surface area contributed by atoms with Gasteiger partial charge in [-0.3, -0.25) is 15.1 Å². The quantitative estimate of drug-likeness (QED) is 0.728. The molecule has 0 fully saturated rings. The third-order valence-electron chi connectivity index (χ3n) is 3.63. The minimum Gasteiger partial charge on any atom is -0.490 e. The maximum atomic E-state index is 12.2. The highest BCUT2D eigenvalue weighted by atomic mass is 32.1. The summed E-state index contributed by atoms with van der Waals surface area (Å²) in [6.07, 6.45) is 4.55. The van der Waals surface area contributed by atoms with Crippen LogP contribution in [0.5, 0.6) is 5.75 Å². The molecule has 1 amide bonds. The molecule has 0 aliphatic rings. The van der Waals surface area contributed by atoms with Gasteiger partial charge < -0.3 is 4.74 Å². The lowest BCUT2D eigenvalue weighted by molar-refractivity contribution is 0.102. The molecule has 0 unspecified atom stereocenters. The number of aromatic nitrogens is 3. The molecule has 26 heavy (non-hydrogen) atoms. The monoisotopic (exact) mass is 368 g/mol. The second-order valence-electron chi connectivity index (χ2n) is 6.19. The second-order valence-corrected chi connectivity index (χ2v) is 7.05. The molecule has 0 spiro atoms. The van der Waals surface area contributed by atoms with Crippen LogP contribution in [-0.2, 0) is 0 Å². The first-order valence-electron chi connectivity index (χ1n) is 8.25. The van der Waals surface area contributed by atoms with Crippen molar-refractivity contribution in [1.29, 1.82) is 0 Å². The molecule has 134 valence electrons. The number of rotatable bonds is 5. The molecule has 2 heterocycles. The summed E-state index contributed by atoms with van der Waals surface area (Å²) in [5.74, 6) is 0.585. The normalized spacial score (nSPS) is 10.8. The van der Waals surface area contributed by atoms with E-state index >= 15 is 0 Å². The Balaban J connectivity index is 1.80. The number of anilines is 1. The highest BCUT2D eigenvalue weighted by molar-refractivity contribution is 7.14. The zero-order chi connectivity index (χ0) is 18.7. The van der Waals surface area contributed by atoms with Crippen LogP contribution in [0.4, 0.5) is 5.13 Å². The van der Waals surface area contributed by atoms with Crippen LogP contribution in [0.1, 0.15) is 35.5 Å². The molecule has 3 aromatic rings. The van der Waals surface area contributed by atoms with E-state index < -0.39 is 0 Å². The van der Waals surface area contributed by atoms with Gasteiger partial charge in [0.1, 0.15) is 11.4 Å². The molecule has 1 N–H and O–H groups in total. The van der Waals surface area contributed by atoms with Gasteiger partial charge in [-0.1, -0.05) is 0 Å². The topological polar surface area (TPSA) is 77.0 Å². The predicted octanol–water partition coefficient (Wildman–Crippen LogP) is 4.26. The first-order valence-corrected chi connectivity index (χ1v) is 9.13. The van der Waals surface area contributed by atoms with Gasteiger partial charge in [-0.25, -0.2) is 9.97 Å². The van der Waals surface area contributed by atoms with Crippen LogP contribution in [0.15, 0.2) is 36.1 Å². The summed E-state index contributed by atoms with van der Waals surface area (Å²) < 4.78 is 5.89. The molecule has 7 heteroatoms. The summed E-state index contributed by atoms with van der Waals surface area (Å²) in [5, 5.41) is 5.20. The molecule has 0 saturated heterocycles. The standard InChI is InChI=1S/C19H20N4O2S/c1-11(2)25-17-12(3)7-14(8-13(17)4)16-10-26-19(22-16)23-18(24)15-9-20-5-6-21-15/h5-11H,1-4H3,(H,22,23,24). The molecule has 6 nitrogen and oxygen atoms in total.